The van der Waals surface area contributed by atoms with Gasteiger partial charge in [-0.1, -0.05) is 6.42 Å². The van der Waals surface area contributed by atoms with Crippen LogP contribution >= 0.6 is 0 Å². The van der Waals surface area contributed by atoms with Gasteiger partial charge in [0.2, 0.25) is 11.8 Å². The highest BCUT2D eigenvalue weighted by Gasteiger charge is 2.29. The molecule has 0 spiro atoms. The number of unbranched alkanes of at least 4 members (excludes halogenated alkanes) is 2. The normalized spacial score (nSPS) is 20.3. The first-order valence-corrected chi connectivity index (χ1v) is 6.45. The monoisotopic (exact) mass is 241 g/mol. The van der Waals surface area contributed by atoms with Crippen LogP contribution in [0.25, 0.3) is 0 Å². The molecular formula is C12H23N3O2. The summed E-state index contributed by atoms with van der Waals surface area (Å²) in [7, 11) is 0. The Balaban J connectivity index is 2.39. The van der Waals surface area contributed by atoms with E-state index in [1.54, 1.807) is 4.90 Å². The molecule has 0 aromatic rings. The molecule has 0 aliphatic carbocycles. The third-order valence-corrected chi connectivity index (χ3v) is 3.25. The van der Waals surface area contributed by atoms with E-state index in [0.29, 0.717) is 25.9 Å². The molecule has 1 rings (SSSR count). The molecule has 2 amide bonds. The summed E-state index contributed by atoms with van der Waals surface area (Å²) in [4.78, 5) is 24.9. The predicted molar refractivity (Wildman–Crippen MR) is 66.1 cm³/mol. The zero-order valence-corrected chi connectivity index (χ0v) is 10.4. The summed E-state index contributed by atoms with van der Waals surface area (Å²) < 4.78 is 0. The minimum Gasteiger partial charge on any atom is -0.368 e. The zero-order valence-electron chi connectivity index (χ0n) is 10.4. The molecule has 1 heterocycles. The first-order valence-electron chi connectivity index (χ1n) is 6.45. The van der Waals surface area contributed by atoms with Crippen molar-refractivity contribution in [2.24, 2.45) is 11.5 Å². The molecule has 0 bridgehead atoms. The maximum atomic E-state index is 12.0. The van der Waals surface area contributed by atoms with E-state index in [1.165, 1.54) is 0 Å². The zero-order chi connectivity index (χ0) is 12.7. The summed E-state index contributed by atoms with van der Waals surface area (Å²) in [6, 6.07) is -0.384. The van der Waals surface area contributed by atoms with Crippen LogP contribution in [0.1, 0.15) is 44.9 Å². The topological polar surface area (TPSA) is 89.4 Å². The number of primary amides is 1. The third-order valence-electron chi connectivity index (χ3n) is 3.25. The van der Waals surface area contributed by atoms with Gasteiger partial charge in [-0.15, -0.1) is 0 Å². The predicted octanol–water partition coefficient (Wildman–Crippen LogP) is 0.372. The highest BCUT2D eigenvalue weighted by molar-refractivity contribution is 5.86. The van der Waals surface area contributed by atoms with Crippen LogP contribution in [0, 0.1) is 0 Å². The second kappa shape index (κ2) is 7.27. The van der Waals surface area contributed by atoms with Gasteiger partial charge in [-0.2, -0.15) is 0 Å². The van der Waals surface area contributed by atoms with E-state index >= 15 is 0 Å². The van der Waals surface area contributed by atoms with Crippen molar-refractivity contribution in [2.75, 3.05) is 13.1 Å². The fraction of sp³-hybridized carbons (Fsp3) is 0.833. The minimum absolute atomic E-state index is 0.0607. The molecule has 5 nitrogen and oxygen atoms in total. The Hall–Kier alpha value is -1.10. The average Bonchev–Trinajstić information content (AvgIpc) is 2.34. The van der Waals surface area contributed by atoms with Crippen molar-refractivity contribution in [3.8, 4) is 0 Å². The van der Waals surface area contributed by atoms with E-state index in [0.717, 1.165) is 32.1 Å². The second-order valence-corrected chi connectivity index (χ2v) is 4.60. The molecule has 98 valence electrons. The summed E-state index contributed by atoms with van der Waals surface area (Å²) in [5, 5.41) is 0. The number of amides is 2. The second-order valence-electron chi connectivity index (χ2n) is 4.60. The first-order chi connectivity index (χ1) is 8.16. The Morgan fingerprint density at radius 3 is 2.59 bits per heavy atom. The lowest BCUT2D eigenvalue weighted by atomic mass is 10.0. The number of rotatable bonds is 6. The SMILES string of the molecule is NCCCCCC(=O)N1CCCCC1C(N)=O. The van der Waals surface area contributed by atoms with Crippen LogP contribution in [0.4, 0.5) is 0 Å². The molecule has 17 heavy (non-hydrogen) atoms. The van der Waals surface area contributed by atoms with Gasteiger partial charge in [0, 0.05) is 13.0 Å². The summed E-state index contributed by atoms with van der Waals surface area (Å²) in [5.41, 5.74) is 10.7. The minimum atomic E-state index is -0.384. The molecule has 0 aromatic heterocycles. The van der Waals surface area contributed by atoms with Crippen LogP contribution < -0.4 is 11.5 Å². The van der Waals surface area contributed by atoms with Gasteiger partial charge in [-0.3, -0.25) is 9.59 Å². The molecule has 1 atom stereocenters. The lowest BCUT2D eigenvalue weighted by molar-refractivity contribution is -0.141. The molecule has 0 saturated carbocycles. The molecule has 4 N–H and O–H groups in total. The molecule has 5 heteroatoms. The fourth-order valence-corrected chi connectivity index (χ4v) is 2.27. The average molecular weight is 241 g/mol. The number of hydrogen-bond acceptors (Lipinski definition) is 3. The van der Waals surface area contributed by atoms with Gasteiger partial charge in [-0.25, -0.2) is 0 Å². The molecule has 1 aliphatic heterocycles. The van der Waals surface area contributed by atoms with E-state index in [-0.39, 0.29) is 17.9 Å². The van der Waals surface area contributed by atoms with Gasteiger partial charge in [-0.05, 0) is 38.6 Å². The van der Waals surface area contributed by atoms with Crippen LogP contribution in [0.2, 0.25) is 0 Å². The Morgan fingerprint density at radius 2 is 1.94 bits per heavy atom. The quantitative estimate of drug-likeness (QED) is 0.658. The summed E-state index contributed by atoms with van der Waals surface area (Å²) in [6.07, 6.45) is 5.93. The van der Waals surface area contributed by atoms with Crippen LogP contribution in [0.15, 0.2) is 0 Å². The van der Waals surface area contributed by atoms with Crippen LogP contribution in [0.3, 0.4) is 0 Å². The number of nitrogens with two attached hydrogens (primary N) is 2. The van der Waals surface area contributed by atoms with E-state index in [4.69, 9.17) is 11.5 Å². The van der Waals surface area contributed by atoms with Crippen LogP contribution in [-0.2, 0) is 9.59 Å². The van der Waals surface area contributed by atoms with Crippen LogP contribution in [-0.4, -0.2) is 35.8 Å². The van der Waals surface area contributed by atoms with Gasteiger partial charge in [0.25, 0.3) is 0 Å². The molecule has 0 aromatic carbocycles. The first kappa shape index (κ1) is 14.0. The van der Waals surface area contributed by atoms with Gasteiger partial charge in [0.1, 0.15) is 6.04 Å². The Bertz CT molecular complexity index is 268. The number of carbonyl (C=O) groups excluding carboxylic acids is 2. The van der Waals surface area contributed by atoms with E-state index in [1.807, 2.05) is 0 Å². The smallest absolute Gasteiger partial charge is 0.240 e. The fourth-order valence-electron chi connectivity index (χ4n) is 2.27. The van der Waals surface area contributed by atoms with Gasteiger partial charge in [0.05, 0.1) is 0 Å². The van der Waals surface area contributed by atoms with Crippen LogP contribution in [0.5, 0.6) is 0 Å². The molecule has 0 radical (unpaired) electrons. The maximum Gasteiger partial charge on any atom is 0.240 e. The Kier molecular flexibility index (Phi) is 5.97. The Morgan fingerprint density at radius 1 is 1.18 bits per heavy atom. The lowest BCUT2D eigenvalue weighted by Crippen LogP contribution is -2.50. The van der Waals surface area contributed by atoms with Gasteiger partial charge < -0.3 is 16.4 Å². The molecule has 1 saturated heterocycles. The van der Waals surface area contributed by atoms with Crippen molar-refractivity contribution >= 4 is 11.8 Å². The van der Waals surface area contributed by atoms with Crippen molar-refractivity contribution in [2.45, 2.75) is 51.0 Å². The van der Waals surface area contributed by atoms with Crippen molar-refractivity contribution in [3.05, 3.63) is 0 Å². The highest BCUT2D eigenvalue weighted by Crippen LogP contribution is 2.18. The highest BCUT2D eigenvalue weighted by atomic mass is 16.2. The largest absolute Gasteiger partial charge is 0.368 e. The molecular weight excluding hydrogens is 218 g/mol. The van der Waals surface area contributed by atoms with Gasteiger partial charge >= 0.3 is 0 Å². The van der Waals surface area contributed by atoms with Gasteiger partial charge in [0.15, 0.2) is 0 Å². The van der Waals surface area contributed by atoms with Crippen molar-refractivity contribution in [1.29, 1.82) is 0 Å². The summed E-state index contributed by atoms with van der Waals surface area (Å²) in [5.74, 6) is -0.314. The Labute approximate surface area is 103 Å². The molecule has 1 fully saturated rings. The van der Waals surface area contributed by atoms with E-state index < -0.39 is 0 Å². The van der Waals surface area contributed by atoms with E-state index in [9.17, 15) is 9.59 Å². The summed E-state index contributed by atoms with van der Waals surface area (Å²) in [6.45, 7) is 1.34. The number of likely N-dealkylation sites (tertiary alicyclic amines) is 1. The van der Waals surface area contributed by atoms with Crippen molar-refractivity contribution in [1.82, 2.24) is 4.90 Å². The number of carbonyl (C=O) groups is 2. The standard InChI is InChI=1S/C12H23N3O2/c13-8-4-1-2-7-11(16)15-9-5-3-6-10(15)12(14)17/h10H,1-9,13H2,(H2,14,17). The summed E-state index contributed by atoms with van der Waals surface area (Å²) >= 11 is 0. The van der Waals surface area contributed by atoms with Crippen molar-refractivity contribution in [3.63, 3.8) is 0 Å². The molecule has 1 unspecified atom stereocenters. The van der Waals surface area contributed by atoms with E-state index in [2.05, 4.69) is 0 Å². The number of piperidine rings is 1. The number of nitrogens with zero attached hydrogens (tertiary/aromatic N) is 1. The maximum absolute atomic E-state index is 12.0. The molecule has 1 aliphatic rings. The van der Waals surface area contributed by atoms with Crippen molar-refractivity contribution < 1.29 is 9.59 Å². The number of hydrogen-bond donors (Lipinski definition) is 2. The third kappa shape index (κ3) is 4.34. The lowest BCUT2D eigenvalue weighted by Gasteiger charge is -2.33.